The molecular weight excluding hydrogens is 633 g/mol. The van der Waals surface area contributed by atoms with Gasteiger partial charge in [0, 0.05) is 11.5 Å². The molecule has 0 aromatic rings. The molecule has 4 nitrogen and oxygen atoms in total. The van der Waals surface area contributed by atoms with Crippen LogP contribution in [0, 0.1) is 11.8 Å². The molecule has 0 fully saturated rings. The molecule has 4 heteroatoms. The second-order valence-corrected chi connectivity index (χ2v) is 16.8. The van der Waals surface area contributed by atoms with Crippen molar-refractivity contribution in [1.29, 1.82) is 0 Å². The van der Waals surface area contributed by atoms with E-state index in [1.165, 1.54) is 250 Å². The van der Waals surface area contributed by atoms with Crippen molar-refractivity contribution >= 4 is 0 Å². The van der Waals surface area contributed by atoms with E-state index in [0.29, 0.717) is 6.54 Å². The van der Waals surface area contributed by atoms with Gasteiger partial charge in [-0.1, -0.05) is 270 Å². The highest BCUT2D eigenvalue weighted by Gasteiger charge is 2.09. The molecular formula is C48H100N4. The van der Waals surface area contributed by atoms with Crippen molar-refractivity contribution in [2.75, 3.05) is 13.1 Å². The molecule has 0 aliphatic rings. The maximum atomic E-state index is 8.45. The minimum atomic E-state index is 0.682. The van der Waals surface area contributed by atoms with E-state index in [2.05, 4.69) is 37.7 Å². The van der Waals surface area contributed by atoms with Crippen LogP contribution in [0.1, 0.15) is 285 Å². The van der Waals surface area contributed by atoms with Gasteiger partial charge >= 0.3 is 0 Å². The smallest absolute Gasteiger partial charge is 0.0258 e. The Kier molecular flexibility index (Phi) is 51.6. The van der Waals surface area contributed by atoms with Crippen LogP contribution in [0.4, 0.5) is 0 Å². The summed E-state index contributed by atoms with van der Waals surface area (Å²) in [6.45, 7) is 10.7. The summed E-state index contributed by atoms with van der Waals surface area (Å²) in [5.74, 6) is 1.82. The minimum absolute atomic E-state index is 0.682. The van der Waals surface area contributed by atoms with Crippen molar-refractivity contribution < 1.29 is 0 Å². The predicted molar refractivity (Wildman–Crippen MR) is 237 cm³/mol. The van der Waals surface area contributed by atoms with Gasteiger partial charge in [-0.3, -0.25) is 0 Å². The molecule has 0 saturated heterocycles. The van der Waals surface area contributed by atoms with Crippen LogP contribution >= 0.6 is 0 Å². The normalized spacial score (nSPS) is 11.3. The fourth-order valence-electron chi connectivity index (χ4n) is 8.04. The van der Waals surface area contributed by atoms with E-state index in [1.54, 1.807) is 0 Å². The summed E-state index contributed by atoms with van der Waals surface area (Å²) < 4.78 is 0. The molecule has 0 bridgehead atoms. The van der Waals surface area contributed by atoms with Gasteiger partial charge in [-0.2, -0.15) is 0 Å². The maximum absolute atomic E-state index is 8.45. The first-order chi connectivity index (χ1) is 25.7. The van der Waals surface area contributed by atoms with Crippen LogP contribution in [0.25, 0.3) is 10.4 Å². The van der Waals surface area contributed by atoms with Crippen LogP contribution in [0.15, 0.2) is 5.11 Å². The van der Waals surface area contributed by atoms with Crippen LogP contribution in [0.2, 0.25) is 0 Å². The first-order valence-corrected chi connectivity index (χ1v) is 24.4. The molecule has 2 N–H and O–H groups in total. The minimum Gasteiger partial charge on any atom is -0.330 e. The highest BCUT2D eigenvalue weighted by atomic mass is 15.1. The zero-order valence-corrected chi connectivity index (χ0v) is 36.8. The van der Waals surface area contributed by atoms with Gasteiger partial charge in [0.1, 0.15) is 0 Å². The van der Waals surface area contributed by atoms with E-state index in [1.807, 2.05) is 0 Å². The zero-order valence-electron chi connectivity index (χ0n) is 36.8. The number of hydrogen-bond donors (Lipinski definition) is 1. The van der Waals surface area contributed by atoms with Gasteiger partial charge in [0.25, 0.3) is 0 Å². The number of unbranched alkanes of at least 4 members (excludes halogenated alkanes) is 28. The fraction of sp³-hybridized carbons (Fsp3) is 1.00. The lowest BCUT2D eigenvalue weighted by atomic mass is 9.90. The highest BCUT2D eigenvalue weighted by Crippen LogP contribution is 2.25. The van der Waals surface area contributed by atoms with Crippen molar-refractivity contribution in [1.82, 2.24) is 0 Å². The lowest BCUT2D eigenvalue weighted by Crippen LogP contribution is -2.06. The number of nitrogens with zero attached hydrogens (tertiary/aromatic N) is 3. The van der Waals surface area contributed by atoms with E-state index in [4.69, 9.17) is 11.3 Å². The molecule has 0 aliphatic carbocycles. The second kappa shape index (κ2) is 50.3. The molecule has 0 aromatic carbocycles. The Morgan fingerprint density at radius 1 is 0.346 bits per heavy atom. The van der Waals surface area contributed by atoms with Gasteiger partial charge < -0.3 is 5.73 Å². The average molecular weight is 733 g/mol. The van der Waals surface area contributed by atoms with E-state index in [0.717, 1.165) is 24.8 Å². The third kappa shape index (κ3) is 47.3. The maximum Gasteiger partial charge on any atom is 0.0258 e. The SMILES string of the molecule is CCCCCCCCCCC(CCCCCCCCCC)CCCN=[N+]=[N-].CCCCCCCCCCC(CCCN)CCCCCCCCCC. The quantitative estimate of drug-likeness (QED) is 0.0288. The van der Waals surface area contributed by atoms with Crippen molar-refractivity contribution in [2.45, 2.75) is 285 Å². The van der Waals surface area contributed by atoms with Gasteiger partial charge in [-0.25, -0.2) is 0 Å². The van der Waals surface area contributed by atoms with Crippen LogP contribution in [0.5, 0.6) is 0 Å². The van der Waals surface area contributed by atoms with Crippen LogP contribution in [-0.2, 0) is 0 Å². The Morgan fingerprint density at radius 2 is 0.577 bits per heavy atom. The predicted octanol–water partition coefficient (Wildman–Crippen LogP) is 18.2. The molecule has 0 amide bonds. The third-order valence-corrected chi connectivity index (χ3v) is 11.6. The number of nitrogens with two attached hydrogens (primary N) is 1. The second-order valence-electron chi connectivity index (χ2n) is 16.8. The van der Waals surface area contributed by atoms with Gasteiger partial charge in [-0.15, -0.1) is 0 Å². The topological polar surface area (TPSA) is 74.8 Å². The lowest BCUT2D eigenvalue weighted by molar-refractivity contribution is 0.373. The van der Waals surface area contributed by atoms with Crippen LogP contribution in [-0.4, -0.2) is 13.1 Å². The summed E-state index contributed by atoms with van der Waals surface area (Å²) in [6.07, 6.45) is 56.3. The standard InChI is InChI=1S/C24H49N3.C24H51N/c1-3-5-7-9-11-13-15-17-20-24(22-19-23-26-27-25)21-18-16-14-12-10-8-6-4-2;1-3-5-7-9-11-13-15-17-20-24(22-19-23-25)21-18-16-14-12-10-8-6-4-2/h24H,3-23H2,1-2H3;24H,3-23,25H2,1-2H3. The molecule has 0 aliphatic heterocycles. The van der Waals surface area contributed by atoms with Crippen molar-refractivity contribution in [3.63, 3.8) is 0 Å². The molecule has 0 rings (SSSR count). The van der Waals surface area contributed by atoms with Gasteiger partial charge in [-0.05, 0) is 43.2 Å². The fourth-order valence-corrected chi connectivity index (χ4v) is 8.04. The monoisotopic (exact) mass is 733 g/mol. The van der Waals surface area contributed by atoms with Crippen LogP contribution in [0.3, 0.4) is 0 Å². The third-order valence-electron chi connectivity index (χ3n) is 11.6. The Hall–Kier alpha value is -0.730. The zero-order chi connectivity index (χ0) is 38.3. The number of azide groups is 1. The number of hydrogen-bond acceptors (Lipinski definition) is 2. The Bertz CT molecular complexity index is 621. The first kappa shape index (κ1) is 53.4. The van der Waals surface area contributed by atoms with Crippen molar-refractivity contribution in [3.8, 4) is 0 Å². The highest BCUT2D eigenvalue weighted by molar-refractivity contribution is 4.64. The largest absolute Gasteiger partial charge is 0.330 e. The van der Waals surface area contributed by atoms with E-state index < -0.39 is 0 Å². The van der Waals surface area contributed by atoms with Gasteiger partial charge in [0.05, 0.1) is 0 Å². The molecule has 52 heavy (non-hydrogen) atoms. The van der Waals surface area contributed by atoms with Gasteiger partial charge in [0.2, 0.25) is 0 Å². The Balaban J connectivity index is 0. The van der Waals surface area contributed by atoms with E-state index in [-0.39, 0.29) is 0 Å². The Morgan fingerprint density at radius 3 is 0.827 bits per heavy atom. The van der Waals surface area contributed by atoms with Crippen molar-refractivity contribution in [2.24, 2.45) is 22.7 Å². The van der Waals surface area contributed by atoms with Crippen LogP contribution < -0.4 is 5.73 Å². The lowest BCUT2D eigenvalue weighted by Gasteiger charge is -2.16. The number of rotatable bonds is 43. The summed E-state index contributed by atoms with van der Waals surface area (Å²) in [6, 6.07) is 0. The first-order valence-electron chi connectivity index (χ1n) is 24.4. The molecule has 0 heterocycles. The summed E-state index contributed by atoms with van der Waals surface area (Å²) in [4.78, 5) is 2.89. The summed E-state index contributed by atoms with van der Waals surface area (Å²) in [5, 5.41) is 3.71. The van der Waals surface area contributed by atoms with E-state index in [9.17, 15) is 0 Å². The molecule has 0 spiro atoms. The summed E-state index contributed by atoms with van der Waals surface area (Å²) >= 11 is 0. The average Bonchev–Trinajstić information content (AvgIpc) is 3.16. The summed E-state index contributed by atoms with van der Waals surface area (Å²) in [7, 11) is 0. The van der Waals surface area contributed by atoms with Gasteiger partial charge in [0.15, 0.2) is 0 Å². The molecule has 0 radical (unpaired) electrons. The molecule has 0 atom stereocenters. The van der Waals surface area contributed by atoms with Crippen molar-refractivity contribution in [3.05, 3.63) is 10.4 Å². The Labute approximate surface area is 329 Å². The summed E-state index contributed by atoms with van der Waals surface area (Å²) in [5.41, 5.74) is 14.2. The molecule has 312 valence electrons. The molecule has 0 unspecified atom stereocenters. The van der Waals surface area contributed by atoms with E-state index >= 15 is 0 Å². The molecule has 0 aromatic heterocycles. The molecule has 0 saturated carbocycles.